The maximum Gasteiger partial charge on any atom is 0.274 e. The number of hydrogen-bond acceptors (Lipinski definition) is 5. The van der Waals surface area contributed by atoms with E-state index in [0.717, 1.165) is 11.1 Å². The first kappa shape index (κ1) is 20.8. The minimum absolute atomic E-state index is 0.0423. The third-order valence-electron chi connectivity index (χ3n) is 5.18. The second-order valence-electron chi connectivity index (χ2n) is 7.66. The fourth-order valence-electron chi connectivity index (χ4n) is 3.33. The fraction of sp³-hybridized carbons (Fsp3) is 0.364. The molecule has 154 valence electrons. The molecular formula is C22H26N2O5. The first-order valence-electron chi connectivity index (χ1n) is 9.44. The molecule has 2 aromatic carbocycles. The van der Waals surface area contributed by atoms with Crippen LogP contribution < -0.4 is 10.2 Å². The van der Waals surface area contributed by atoms with Gasteiger partial charge in [-0.3, -0.25) is 14.8 Å². The number of nitrogens with zero attached hydrogens (tertiary/aromatic N) is 1. The van der Waals surface area contributed by atoms with E-state index in [0.29, 0.717) is 12.3 Å². The second-order valence-corrected chi connectivity index (χ2v) is 7.66. The quantitative estimate of drug-likeness (QED) is 0.597. The molecule has 7 heteroatoms. The third kappa shape index (κ3) is 4.75. The van der Waals surface area contributed by atoms with Gasteiger partial charge in [-0.15, -0.1) is 0 Å². The van der Waals surface area contributed by atoms with Crippen molar-refractivity contribution in [1.82, 2.24) is 10.4 Å². The highest BCUT2D eigenvalue weighted by atomic mass is 16.5. The first-order valence-corrected chi connectivity index (χ1v) is 9.44. The Bertz CT molecular complexity index is 882. The van der Waals surface area contributed by atoms with Crippen molar-refractivity contribution >= 4 is 11.8 Å². The Hall–Kier alpha value is -2.90. The molecule has 1 aliphatic rings. The van der Waals surface area contributed by atoms with Crippen LogP contribution in [0.3, 0.4) is 0 Å². The minimum atomic E-state index is -0.616. The van der Waals surface area contributed by atoms with Crippen LogP contribution in [-0.2, 0) is 16.1 Å². The van der Waals surface area contributed by atoms with Crippen LogP contribution >= 0.6 is 0 Å². The molecule has 2 aromatic rings. The lowest BCUT2D eigenvalue weighted by atomic mass is 10.0. The smallest absolute Gasteiger partial charge is 0.274 e. The van der Waals surface area contributed by atoms with E-state index in [1.807, 2.05) is 44.2 Å². The monoisotopic (exact) mass is 398 g/mol. The molecule has 1 heterocycles. The molecule has 2 amide bonds. The van der Waals surface area contributed by atoms with Crippen LogP contribution in [-0.4, -0.2) is 41.2 Å². The summed E-state index contributed by atoms with van der Waals surface area (Å²) in [5.74, 6) is -0.136. The number of rotatable bonds is 5. The molecule has 1 atom stereocenters. The van der Waals surface area contributed by atoms with Crippen LogP contribution in [0.25, 0.3) is 0 Å². The number of nitrogens with one attached hydrogen (secondary N) is 1. The van der Waals surface area contributed by atoms with Crippen LogP contribution in [0, 0.1) is 0 Å². The predicted molar refractivity (Wildman–Crippen MR) is 107 cm³/mol. The van der Waals surface area contributed by atoms with E-state index < -0.39 is 11.5 Å². The lowest BCUT2D eigenvalue weighted by Gasteiger charge is -2.32. The van der Waals surface area contributed by atoms with Crippen molar-refractivity contribution in [3.8, 4) is 5.75 Å². The number of benzene rings is 2. The molecule has 29 heavy (non-hydrogen) atoms. The summed E-state index contributed by atoms with van der Waals surface area (Å²) in [7, 11) is 1.59. The lowest BCUT2D eigenvalue weighted by molar-refractivity contribution is -0.140. The van der Waals surface area contributed by atoms with Crippen molar-refractivity contribution in [1.29, 1.82) is 0 Å². The lowest BCUT2D eigenvalue weighted by Crippen LogP contribution is -2.40. The SMILES string of the molecule is COC(C)(C)CC(=O)N1Cc2ccc(C(=O)NO)cc2OC[C@@H]1c1ccccc1. The molecule has 0 spiro atoms. The molecule has 0 bridgehead atoms. The number of ether oxygens (including phenoxy) is 2. The molecule has 0 fully saturated rings. The van der Waals surface area contributed by atoms with E-state index >= 15 is 0 Å². The normalized spacial score (nSPS) is 16.4. The molecule has 3 rings (SSSR count). The number of methoxy groups -OCH3 is 1. The van der Waals surface area contributed by atoms with Crippen LogP contribution in [0.1, 0.15) is 47.8 Å². The number of hydroxylamine groups is 1. The van der Waals surface area contributed by atoms with Gasteiger partial charge in [0.1, 0.15) is 12.4 Å². The van der Waals surface area contributed by atoms with Gasteiger partial charge in [0.2, 0.25) is 5.91 Å². The van der Waals surface area contributed by atoms with Crippen molar-refractivity contribution in [2.45, 2.75) is 38.5 Å². The Kier molecular flexibility index (Phi) is 6.20. The van der Waals surface area contributed by atoms with Crippen molar-refractivity contribution in [2.24, 2.45) is 0 Å². The van der Waals surface area contributed by atoms with E-state index in [-0.39, 0.29) is 30.5 Å². The van der Waals surface area contributed by atoms with Crippen LogP contribution in [0.2, 0.25) is 0 Å². The first-order chi connectivity index (χ1) is 13.8. The summed E-state index contributed by atoms with van der Waals surface area (Å²) in [6, 6.07) is 14.4. The van der Waals surface area contributed by atoms with Gasteiger partial charge >= 0.3 is 0 Å². The Morgan fingerprint density at radius 3 is 2.62 bits per heavy atom. The van der Waals surface area contributed by atoms with E-state index in [9.17, 15) is 9.59 Å². The van der Waals surface area contributed by atoms with E-state index in [4.69, 9.17) is 14.7 Å². The zero-order valence-corrected chi connectivity index (χ0v) is 16.8. The molecular weight excluding hydrogens is 372 g/mol. The number of fused-ring (bicyclic) bond motifs is 1. The summed E-state index contributed by atoms with van der Waals surface area (Å²) in [5.41, 5.74) is 3.08. The van der Waals surface area contributed by atoms with Gasteiger partial charge < -0.3 is 14.4 Å². The molecule has 2 N–H and O–H groups in total. The van der Waals surface area contributed by atoms with Crippen molar-refractivity contribution in [3.63, 3.8) is 0 Å². The highest BCUT2D eigenvalue weighted by molar-refractivity contribution is 5.93. The number of hydrogen-bond donors (Lipinski definition) is 2. The van der Waals surface area contributed by atoms with Crippen molar-refractivity contribution < 1.29 is 24.3 Å². The highest BCUT2D eigenvalue weighted by Crippen LogP contribution is 2.33. The molecule has 0 saturated heterocycles. The standard InChI is InChI=1S/C22H26N2O5/c1-22(2,28-3)12-20(25)24-13-17-10-9-16(21(26)23-27)11-19(17)29-14-18(24)15-7-5-4-6-8-15/h4-11,18,27H,12-14H2,1-3H3,(H,23,26)/t18-/m1/s1. The maximum absolute atomic E-state index is 13.2. The van der Waals surface area contributed by atoms with Gasteiger partial charge in [-0.25, -0.2) is 5.48 Å². The van der Waals surface area contributed by atoms with E-state index in [1.54, 1.807) is 35.7 Å². The maximum atomic E-state index is 13.2. The average Bonchev–Trinajstić information content (AvgIpc) is 2.92. The van der Waals surface area contributed by atoms with Gasteiger partial charge in [0.05, 0.1) is 24.6 Å². The van der Waals surface area contributed by atoms with Gasteiger partial charge in [0, 0.05) is 18.2 Å². The Labute approximate surface area is 170 Å². The molecule has 0 unspecified atom stereocenters. The van der Waals surface area contributed by atoms with E-state index in [2.05, 4.69) is 0 Å². The van der Waals surface area contributed by atoms with Crippen LogP contribution in [0.4, 0.5) is 0 Å². The van der Waals surface area contributed by atoms with Gasteiger partial charge in [0.15, 0.2) is 0 Å². The van der Waals surface area contributed by atoms with Gasteiger partial charge in [-0.05, 0) is 31.5 Å². The second kappa shape index (κ2) is 8.63. The van der Waals surface area contributed by atoms with Crippen molar-refractivity contribution in [3.05, 3.63) is 65.2 Å². The third-order valence-corrected chi connectivity index (χ3v) is 5.18. The van der Waals surface area contributed by atoms with Crippen LogP contribution in [0.5, 0.6) is 5.75 Å². The average molecular weight is 398 g/mol. The Morgan fingerprint density at radius 1 is 1.24 bits per heavy atom. The summed E-state index contributed by atoms with van der Waals surface area (Å²) < 4.78 is 11.4. The molecule has 0 aliphatic carbocycles. The molecule has 7 nitrogen and oxygen atoms in total. The summed E-state index contributed by atoms with van der Waals surface area (Å²) in [6.45, 7) is 4.35. The zero-order chi connectivity index (χ0) is 21.0. The summed E-state index contributed by atoms with van der Waals surface area (Å²) in [6.07, 6.45) is 0.229. The highest BCUT2D eigenvalue weighted by Gasteiger charge is 2.33. The number of carbonyl (C=O) groups excluding carboxylic acids is 2. The topological polar surface area (TPSA) is 88.1 Å². The van der Waals surface area contributed by atoms with Gasteiger partial charge in [-0.1, -0.05) is 36.4 Å². The molecule has 0 radical (unpaired) electrons. The Balaban J connectivity index is 1.96. The van der Waals surface area contributed by atoms with Gasteiger partial charge in [0.25, 0.3) is 5.91 Å². The van der Waals surface area contributed by atoms with E-state index in [1.165, 1.54) is 0 Å². The largest absolute Gasteiger partial charge is 0.491 e. The molecule has 0 aromatic heterocycles. The minimum Gasteiger partial charge on any atom is -0.491 e. The summed E-state index contributed by atoms with van der Waals surface area (Å²) in [5, 5.41) is 8.88. The fourth-order valence-corrected chi connectivity index (χ4v) is 3.33. The number of amides is 2. The Morgan fingerprint density at radius 2 is 1.97 bits per heavy atom. The molecule has 1 aliphatic heterocycles. The predicted octanol–water partition coefficient (Wildman–Crippen LogP) is 3.08. The number of carbonyl (C=O) groups is 2. The zero-order valence-electron chi connectivity index (χ0n) is 16.8. The van der Waals surface area contributed by atoms with Gasteiger partial charge in [-0.2, -0.15) is 0 Å². The molecule has 0 saturated carbocycles. The summed E-state index contributed by atoms with van der Waals surface area (Å²) in [4.78, 5) is 26.8. The van der Waals surface area contributed by atoms with Crippen LogP contribution in [0.15, 0.2) is 48.5 Å². The van der Waals surface area contributed by atoms with Crippen molar-refractivity contribution in [2.75, 3.05) is 13.7 Å². The summed E-state index contributed by atoms with van der Waals surface area (Å²) >= 11 is 0.